The largest absolute Gasteiger partial charge is 0.461 e. The van der Waals surface area contributed by atoms with Crippen LogP contribution in [0, 0.1) is 41.9 Å². The third-order valence-electron chi connectivity index (χ3n) is 7.10. The Morgan fingerprint density at radius 1 is 1.27 bits per heavy atom. The summed E-state index contributed by atoms with van der Waals surface area (Å²) in [7, 11) is -2.10. The van der Waals surface area contributed by atoms with Crippen LogP contribution in [0.3, 0.4) is 0 Å². The number of esters is 1. The molecule has 1 unspecified atom stereocenters. The first-order valence-electron chi connectivity index (χ1n) is 11.2. The molecule has 6 atom stereocenters. The number of hydrogen-bond donors (Lipinski definition) is 0. The van der Waals surface area contributed by atoms with E-state index in [1.54, 1.807) is 0 Å². The summed E-state index contributed by atoms with van der Waals surface area (Å²) in [4.78, 5) is 12.5. The predicted octanol–water partition coefficient (Wildman–Crippen LogP) is 4.12. The molecular weight excluding hydrogens is 396 g/mol. The second-order valence-electron chi connectivity index (χ2n) is 10.2. The molecular formula is C24H36O5Si. The van der Waals surface area contributed by atoms with Crippen molar-refractivity contribution in [2.75, 3.05) is 13.2 Å². The zero-order valence-corrected chi connectivity index (χ0v) is 20.0. The Kier molecular flexibility index (Phi) is 7.35. The second kappa shape index (κ2) is 9.45. The van der Waals surface area contributed by atoms with Gasteiger partial charge in [-0.1, -0.05) is 38.5 Å². The number of hydrogen-bond acceptors (Lipinski definition) is 5. The molecule has 0 aromatic carbocycles. The lowest BCUT2D eigenvalue weighted by molar-refractivity contribution is -0.154. The van der Waals surface area contributed by atoms with Gasteiger partial charge in [0.25, 0.3) is 0 Å². The Labute approximate surface area is 182 Å². The van der Waals surface area contributed by atoms with Crippen molar-refractivity contribution in [3.63, 3.8) is 0 Å². The van der Waals surface area contributed by atoms with Gasteiger partial charge < -0.3 is 18.6 Å². The average Bonchev–Trinajstić information content (AvgIpc) is 3.01. The van der Waals surface area contributed by atoms with Crippen molar-refractivity contribution in [1.82, 2.24) is 0 Å². The Bertz CT molecular complexity index is 717. The number of fused-ring (bicyclic) bond motifs is 2. The summed E-state index contributed by atoms with van der Waals surface area (Å²) < 4.78 is 23.7. The summed E-state index contributed by atoms with van der Waals surface area (Å²) in [6.45, 7) is 12.1. The van der Waals surface area contributed by atoms with E-state index in [1.807, 2.05) is 0 Å². The van der Waals surface area contributed by atoms with Gasteiger partial charge in [0, 0.05) is 12.5 Å². The Hall–Kier alpha value is -1.31. The molecule has 3 fully saturated rings. The molecule has 3 aliphatic rings. The summed E-state index contributed by atoms with van der Waals surface area (Å²) in [6.07, 6.45) is 9.57. The topological polar surface area (TPSA) is 54.0 Å². The Morgan fingerprint density at radius 3 is 2.67 bits per heavy atom. The maximum absolute atomic E-state index is 12.5. The number of carbonyl (C=O) groups excluding carboxylic acids is 1. The lowest BCUT2D eigenvalue weighted by Crippen LogP contribution is -2.48. The molecule has 30 heavy (non-hydrogen) atoms. The van der Waals surface area contributed by atoms with Gasteiger partial charge in [0.05, 0.1) is 11.8 Å². The van der Waals surface area contributed by atoms with E-state index in [0.717, 1.165) is 25.9 Å². The highest BCUT2D eigenvalue weighted by atomic mass is 28.4. The van der Waals surface area contributed by atoms with Crippen LogP contribution in [0.5, 0.6) is 0 Å². The van der Waals surface area contributed by atoms with E-state index in [4.69, 9.17) is 25.1 Å². The van der Waals surface area contributed by atoms with Crippen LogP contribution in [0.25, 0.3) is 0 Å². The van der Waals surface area contributed by atoms with Gasteiger partial charge >= 0.3 is 5.97 Å². The third-order valence-corrected chi connectivity index (χ3v) is 11.6. The summed E-state index contributed by atoms with van der Waals surface area (Å²) in [5.74, 6) is 8.83. The van der Waals surface area contributed by atoms with Crippen molar-refractivity contribution in [1.29, 1.82) is 0 Å². The van der Waals surface area contributed by atoms with E-state index in [0.29, 0.717) is 19.4 Å². The van der Waals surface area contributed by atoms with Crippen LogP contribution >= 0.6 is 0 Å². The van der Waals surface area contributed by atoms with E-state index in [2.05, 4.69) is 51.6 Å². The molecule has 2 bridgehead atoms. The monoisotopic (exact) mass is 432 g/mol. The number of carbonyl (C=O) groups is 1. The van der Waals surface area contributed by atoms with E-state index in [1.165, 1.54) is 0 Å². The van der Waals surface area contributed by atoms with Crippen LogP contribution in [0.2, 0.25) is 18.1 Å². The van der Waals surface area contributed by atoms with Crippen molar-refractivity contribution in [3.8, 4) is 24.2 Å². The standard InChI is InChI=1S/C24H36O5Si/c1-7-17-15-18(19-16-21(17)28-23(19)25)20(29-30(5,6)24(2,3)4)11-10-14-27-22-12-8-9-13-26-22/h1,17-22H,8-9,12-16H2,2-6H3/t17-,18+,19+,20+,21-,22?/m1/s1. The molecule has 0 aromatic rings. The predicted molar refractivity (Wildman–Crippen MR) is 118 cm³/mol. The molecule has 0 amide bonds. The molecule has 3 rings (SSSR count). The molecule has 2 heterocycles. The lowest BCUT2D eigenvalue weighted by Gasteiger charge is -2.41. The van der Waals surface area contributed by atoms with Gasteiger partial charge in [-0.15, -0.1) is 6.42 Å². The normalized spacial score (nSPS) is 32.5. The van der Waals surface area contributed by atoms with Crippen LogP contribution in [-0.2, 0) is 23.4 Å². The number of terminal acetylenes is 1. The van der Waals surface area contributed by atoms with Gasteiger partial charge in [-0.25, -0.2) is 0 Å². The molecule has 2 saturated heterocycles. The van der Waals surface area contributed by atoms with Gasteiger partial charge in [-0.3, -0.25) is 4.79 Å². The van der Waals surface area contributed by atoms with Gasteiger partial charge in [0.15, 0.2) is 14.6 Å². The number of ether oxygens (including phenoxy) is 3. The minimum Gasteiger partial charge on any atom is -0.461 e. The van der Waals surface area contributed by atoms with Crippen molar-refractivity contribution < 1.29 is 23.4 Å². The maximum atomic E-state index is 12.5. The fourth-order valence-electron chi connectivity index (χ4n) is 4.18. The summed E-state index contributed by atoms with van der Waals surface area (Å²) >= 11 is 0. The minimum atomic E-state index is -2.10. The van der Waals surface area contributed by atoms with Gasteiger partial charge in [0.1, 0.15) is 18.8 Å². The second-order valence-corrected chi connectivity index (χ2v) is 15.0. The first-order chi connectivity index (χ1) is 14.1. The van der Waals surface area contributed by atoms with Crippen LogP contribution in [0.4, 0.5) is 0 Å². The molecule has 166 valence electrons. The zero-order valence-electron chi connectivity index (χ0n) is 19.0. The van der Waals surface area contributed by atoms with Gasteiger partial charge in [-0.05, 0) is 50.2 Å². The fourth-order valence-corrected chi connectivity index (χ4v) is 5.41. The molecule has 1 aliphatic carbocycles. The molecule has 0 N–H and O–H groups in total. The number of rotatable bonds is 5. The fraction of sp³-hybridized carbons (Fsp3) is 0.792. The summed E-state index contributed by atoms with van der Waals surface area (Å²) in [5.41, 5.74) is 0. The Morgan fingerprint density at radius 2 is 2.03 bits per heavy atom. The van der Waals surface area contributed by atoms with E-state index in [9.17, 15) is 4.79 Å². The van der Waals surface area contributed by atoms with Crippen molar-refractivity contribution in [2.24, 2.45) is 17.8 Å². The van der Waals surface area contributed by atoms with Gasteiger partial charge in [0.2, 0.25) is 0 Å². The molecule has 1 saturated carbocycles. The van der Waals surface area contributed by atoms with Gasteiger partial charge in [-0.2, -0.15) is 0 Å². The summed E-state index contributed by atoms with van der Waals surface area (Å²) in [6, 6.07) is 0. The Balaban J connectivity index is 1.76. The summed E-state index contributed by atoms with van der Waals surface area (Å²) in [5, 5.41) is 0.0400. The highest BCUT2D eigenvalue weighted by Gasteiger charge is 2.52. The third kappa shape index (κ3) is 5.29. The molecule has 0 radical (unpaired) electrons. The first-order valence-corrected chi connectivity index (χ1v) is 14.1. The lowest BCUT2D eigenvalue weighted by atomic mass is 9.72. The quantitative estimate of drug-likeness (QED) is 0.372. The maximum Gasteiger partial charge on any atom is 0.309 e. The van der Waals surface area contributed by atoms with E-state index >= 15 is 0 Å². The minimum absolute atomic E-state index is 0.0400. The SMILES string of the molecule is C#C[C@@H]1C[C@H]([C@H](C#CCOC2CCCCO2)O[Si](C)(C)C(C)(C)C)[C@@H]2C[C@H]1OC2=O. The van der Waals surface area contributed by atoms with Crippen LogP contribution in [0.15, 0.2) is 0 Å². The first kappa shape index (κ1) is 23.4. The van der Waals surface area contributed by atoms with Crippen LogP contribution < -0.4 is 0 Å². The van der Waals surface area contributed by atoms with Crippen molar-refractivity contribution in [3.05, 3.63) is 0 Å². The van der Waals surface area contributed by atoms with E-state index < -0.39 is 8.32 Å². The smallest absolute Gasteiger partial charge is 0.309 e. The highest BCUT2D eigenvalue weighted by Crippen LogP contribution is 2.46. The van der Waals surface area contributed by atoms with Crippen LogP contribution in [0.1, 0.15) is 52.9 Å². The molecule has 5 nitrogen and oxygen atoms in total. The molecule has 0 aromatic heterocycles. The highest BCUT2D eigenvalue weighted by molar-refractivity contribution is 6.74. The van der Waals surface area contributed by atoms with Crippen molar-refractivity contribution >= 4 is 14.3 Å². The molecule has 0 spiro atoms. The van der Waals surface area contributed by atoms with E-state index in [-0.39, 0.29) is 47.3 Å². The zero-order chi connectivity index (χ0) is 21.9. The van der Waals surface area contributed by atoms with Crippen LogP contribution in [-0.4, -0.2) is 46.0 Å². The average molecular weight is 433 g/mol. The molecule has 6 heteroatoms. The van der Waals surface area contributed by atoms with Crippen molar-refractivity contribution in [2.45, 2.75) is 89.5 Å². The molecule has 2 aliphatic heterocycles.